The molecule has 1 saturated carbocycles. The van der Waals surface area contributed by atoms with Crippen LogP contribution in [-0.2, 0) is 9.59 Å². The summed E-state index contributed by atoms with van der Waals surface area (Å²) in [5.74, 6) is -2.10. The van der Waals surface area contributed by atoms with Gasteiger partial charge in [0, 0.05) is 28.9 Å². The number of aromatic nitrogens is 1. The third-order valence-electron chi connectivity index (χ3n) is 4.11. The summed E-state index contributed by atoms with van der Waals surface area (Å²) in [5.41, 5.74) is 0.705. The number of nitrogens with one attached hydrogen (secondary N) is 1. The Hall–Kier alpha value is -2.43. The van der Waals surface area contributed by atoms with Crippen LogP contribution in [0.4, 0.5) is 5.69 Å². The first kappa shape index (κ1) is 13.5. The van der Waals surface area contributed by atoms with Gasteiger partial charge in [0.1, 0.15) is 0 Å². The molecule has 3 rings (SSSR count). The normalized spacial score (nSPS) is 21.3. The summed E-state index contributed by atoms with van der Waals surface area (Å²) in [4.78, 5) is 27.6. The molecule has 1 amide bonds. The lowest BCUT2D eigenvalue weighted by Gasteiger charge is -2.16. The van der Waals surface area contributed by atoms with Gasteiger partial charge in [-0.05, 0) is 25.0 Å². The second-order valence-corrected chi connectivity index (χ2v) is 5.37. The van der Waals surface area contributed by atoms with Crippen molar-refractivity contribution in [3.8, 4) is 0 Å². The lowest BCUT2D eigenvalue weighted by molar-refractivity contribution is -0.145. The van der Waals surface area contributed by atoms with Crippen LogP contribution in [0.25, 0.3) is 10.8 Å². The topological polar surface area (TPSA) is 79.3 Å². The number of carbonyl (C=O) groups is 2. The number of aliphatic carboxylic acids is 1. The van der Waals surface area contributed by atoms with Gasteiger partial charge in [0.05, 0.1) is 11.8 Å². The Morgan fingerprint density at radius 2 is 2.00 bits per heavy atom. The predicted molar refractivity (Wildman–Crippen MR) is 78.8 cm³/mol. The molecule has 1 aliphatic carbocycles. The van der Waals surface area contributed by atoms with Gasteiger partial charge in [0.25, 0.3) is 0 Å². The van der Waals surface area contributed by atoms with Gasteiger partial charge in [-0.15, -0.1) is 0 Å². The highest BCUT2D eigenvalue weighted by atomic mass is 16.4. The van der Waals surface area contributed by atoms with Crippen LogP contribution in [0.15, 0.2) is 36.7 Å². The molecule has 2 N–H and O–H groups in total. The molecule has 1 aromatic carbocycles. The molecule has 108 valence electrons. The number of benzene rings is 1. The van der Waals surface area contributed by atoms with Gasteiger partial charge >= 0.3 is 5.97 Å². The number of hydrogen-bond acceptors (Lipinski definition) is 3. The zero-order valence-corrected chi connectivity index (χ0v) is 11.5. The van der Waals surface area contributed by atoms with Crippen molar-refractivity contribution in [3.63, 3.8) is 0 Å². The molecule has 1 heterocycles. The minimum absolute atomic E-state index is 0.204. The summed E-state index contributed by atoms with van der Waals surface area (Å²) in [6, 6.07) is 7.44. The van der Waals surface area contributed by atoms with Crippen molar-refractivity contribution in [3.05, 3.63) is 36.7 Å². The molecule has 21 heavy (non-hydrogen) atoms. The number of carboxylic acids is 1. The van der Waals surface area contributed by atoms with Crippen LogP contribution in [0.1, 0.15) is 19.3 Å². The molecule has 0 radical (unpaired) electrons. The third kappa shape index (κ3) is 2.59. The number of pyridine rings is 1. The minimum Gasteiger partial charge on any atom is -0.481 e. The number of fused-ring (bicyclic) bond motifs is 1. The fraction of sp³-hybridized carbons (Fsp3) is 0.312. The van der Waals surface area contributed by atoms with E-state index in [0.29, 0.717) is 18.5 Å². The smallest absolute Gasteiger partial charge is 0.307 e. The van der Waals surface area contributed by atoms with E-state index < -0.39 is 17.8 Å². The summed E-state index contributed by atoms with van der Waals surface area (Å²) in [7, 11) is 0. The average Bonchev–Trinajstić information content (AvgIpc) is 2.97. The first-order chi connectivity index (χ1) is 10.2. The molecule has 2 atom stereocenters. The summed E-state index contributed by atoms with van der Waals surface area (Å²) in [5, 5.41) is 13.9. The Kier molecular flexibility index (Phi) is 3.56. The SMILES string of the molecule is O=C(O)[C@H]1CCC[C@H]1C(=O)Nc1cccc2cnccc12. The Morgan fingerprint density at radius 1 is 1.19 bits per heavy atom. The first-order valence-electron chi connectivity index (χ1n) is 7.03. The fourth-order valence-electron chi connectivity index (χ4n) is 3.03. The highest BCUT2D eigenvalue weighted by Gasteiger charge is 2.37. The fourth-order valence-corrected chi connectivity index (χ4v) is 3.03. The van der Waals surface area contributed by atoms with Crippen molar-refractivity contribution in [2.45, 2.75) is 19.3 Å². The molecule has 1 fully saturated rings. The maximum Gasteiger partial charge on any atom is 0.307 e. The van der Waals surface area contributed by atoms with Crippen LogP contribution in [0.5, 0.6) is 0 Å². The number of rotatable bonds is 3. The standard InChI is InChI=1S/C16H16N2O3/c19-15(12-4-2-5-13(12)16(20)21)18-14-6-1-3-10-9-17-8-7-11(10)14/h1,3,6-9,12-13H,2,4-5H2,(H,18,19)(H,20,21)/t12-,13+/m1/s1. The van der Waals surface area contributed by atoms with Crippen LogP contribution in [0.3, 0.4) is 0 Å². The largest absolute Gasteiger partial charge is 0.481 e. The van der Waals surface area contributed by atoms with E-state index in [1.165, 1.54) is 0 Å². The lowest BCUT2D eigenvalue weighted by atomic mass is 9.95. The van der Waals surface area contributed by atoms with E-state index in [1.807, 2.05) is 24.3 Å². The zero-order valence-electron chi connectivity index (χ0n) is 11.5. The van der Waals surface area contributed by atoms with Gasteiger partial charge in [-0.3, -0.25) is 14.6 Å². The van der Waals surface area contributed by atoms with Crippen LogP contribution >= 0.6 is 0 Å². The number of carbonyl (C=O) groups excluding carboxylic acids is 1. The number of amides is 1. The van der Waals surface area contributed by atoms with E-state index in [4.69, 9.17) is 0 Å². The first-order valence-corrected chi connectivity index (χ1v) is 7.03. The Labute approximate surface area is 122 Å². The summed E-state index contributed by atoms with van der Waals surface area (Å²) < 4.78 is 0. The van der Waals surface area contributed by atoms with Crippen molar-refractivity contribution < 1.29 is 14.7 Å². The molecule has 5 heteroatoms. The molecule has 0 spiro atoms. The van der Waals surface area contributed by atoms with Gasteiger partial charge in [-0.2, -0.15) is 0 Å². The minimum atomic E-state index is -0.880. The third-order valence-corrected chi connectivity index (χ3v) is 4.11. The number of nitrogens with zero attached hydrogens (tertiary/aromatic N) is 1. The monoisotopic (exact) mass is 284 g/mol. The molecule has 0 saturated heterocycles. The molecule has 0 aliphatic heterocycles. The number of carboxylic acid groups (broad SMARTS) is 1. The van der Waals surface area contributed by atoms with E-state index in [9.17, 15) is 14.7 Å². The summed E-state index contributed by atoms with van der Waals surface area (Å²) >= 11 is 0. The van der Waals surface area contributed by atoms with Crippen LogP contribution in [-0.4, -0.2) is 22.0 Å². The lowest BCUT2D eigenvalue weighted by Crippen LogP contribution is -2.30. The van der Waals surface area contributed by atoms with E-state index in [0.717, 1.165) is 17.2 Å². The molecule has 0 bridgehead atoms. The molecule has 1 aromatic heterocycles. The quantitative estimate of drug-likeness (QED) is 0.908. The van der Waals surface area contributed by atoms with Crippen molar-refractivity contribution in [1.82, 2.24) is 4.98 Å². The number of hydrogen-bond donors (Lipinski definition) is 2. The molecule has 2 aromatic rings. The van der Waals surface area contributed by atoms with Crippen LogP contribution in [0.2, 0.25) is 0 Å². The van der Waals surface area contributed by atoms with Crippen molar-refractivity contribution in [2.75, 3.05) is 5.32 Å². The molecular weight excluding hydrogens is 268 g/mol. The molecule has 0 unspecified atom stereocenters. The maximum absolute atomic E-state index is 12.4. The zero-order chi connectivity index (χ0) is 14.8. The van der Waals surface area contributed by atoms with Gasteiger partial charge in [0.2, 0.25) is 5.91 Å². The average molecular weight is 284 g/mol. The van der Waals surface area contributed by atoms with Gasteiger partial charge in [-0.1, -0.05) is 18.6 Å². The van der Waals surface area contributed by atoms with Crippen molar-refractivity contribution >= 4 is 28.3 Å². The number of anilines is 1. The summed E-state index contributed by atoms with van der Waals surface area (Å²) in [6.45, 7) is 0. The Balaban J connectivity index is 1.85. The van der Waals surface area contributed by atoms with Crippen molar-refractivity contribution in [1.29, 1.82) is 0 Å². The highest BCUT2D eigenvalue weighted by molar-refractivity contribution is 6.03. The van der Waals surface area contributed by atoms with E-state index >= 15 is 0 Å². The van der Waals surface area contributed by atoms with E-state index in [-0.39, 0.29) is 5.91 Å². The Bertz CT molecular complexity index is 693. The van der Waals surface area contributed by atoms with Crippen LogP contribution in [0, 0.1) is 11.8 Å². The van der Waals surface area contributed by atoms with Gasteiger partial charge in [-0.25, -0.2) is 0 Å². The maximum atomic E-state index is 12.4. The van der Waals surface area contributed by atoms with Gasteiger partial charge < -0.3 is 10.4 Å². The van der Waals surface area contributed by atoms with E-state index in [1.54, 1.807) is 12.4 Å². The van der Waals surface area contributed by atoms with Crippen molar-refractivity contribution in [2.24, 2.45) is 11.8 Å². The second-order valence-electron chi connectivity index (χ2n) is 5.37. The van der Waals surface area contributed by atoms with E-state index in [2.05, 4.69) is 10.3 Å². The summed E-state index contributed by atoms with van der Waals surface area (Å²) in [6.07, 6.45) is 5.41. The second kappa shape index (κ2) is 5.52. The predicted octanol–water partition coefficient (Wildman–Crippen LogP) is 2.67. The Morgan fingerprint density at radius 3 is 2.81 bits per heavy atom. The van der Waals surface area contributed by atoms with Gasteiger partial charge in [0.15, 0.2) is 0 Å². The molecule has 1 aliphatic rings. The van der Waals surface area contributed by atoms with Crippen LogP contribution < -0.4 is 5.32 Å². The molecule has 5 nitrogen and oxygen atoms in total. The molecular formula is C16H16N2O3. The highest BCUT2D eigenvalue weighted by Crippen LogP contribution is 2.33.